The Kier molecular flexibility index (Phi) is 4.30. The highest BCUT2D eigenvalue weighted by molar-refractivity contribution is 6.01. The van der Waals surface area contributed by atoms with Crippen molar-refractivity contribution in [2.45, 2.75) is 56.7 Å². The van der Waals surface area contributed by atoms with Gasteiger partial charge in [-0.1, -0.05) is 12.8 Å². The first-order valence-electron chi connectivity index (χ1n) is 9.27. The number of halogens is 1. The van der Waals surface area contributed by atoms with E-state index in [-0.39, 0.29) is 35.8 Å². The van der Waals surface area contributed by atoms with Crippen molar-refractivity contribution in [1.82, 2.24) is 15.3 Å². The molecule has 4 atom stereocenters. The van der Waals surface area contributed by atoms with Crippen molar-refractivity contribution in [2.75, 3.05) is 18.9 Å². The number of aromatic nitrogens is 1. The summed E-state index contributed by atoms with van der Waals surface area (Å²) in [5.41, 5.74) is 7.56. The number of hydrazone groups is 1. The average Bonchev–Trinajstić information content (AvgIpc) is 3.16. The lowest BCUT2D eigenvalue weighted by atomic mass is 9.90. The molecule has 140 valence electrons. The Hall–Kier alpha value is -2.22. The normalized spacial score (nSPS) is 30.5. The van der Waals surface area contributed by atoms with Gasteiger partial charge in [0.15, 0.2) is 11.6 Å². The Bertz CT molecular complexity index is 767. The number of amides is 1. The molecule has 26 heavy (non-hydrogen) atoms. The Labute approximate surface area is 152 Å². The molecule has 1 aromatic heterocycles. The predicted octanol–water partition coefficient (Wildman–Crippen LogP) is 1.72. The number of likely N-dealkylation sites (N-methyl/N-ethyl adjacent to an activating group) is 1. The summed E-state index contributed by atoms with van der Waals surface area (Å²) >= 11 is 0. The fourth-order valence-electron chi connectivity index (χ4n) is 4.20. The van der Waals surface area contributed by atoms with Crippen molar-refractivity contribution < 1.29 is 9.18 Å². The van der Waals surface area contributed by atoms with Crippen LogP contribution in [0.25, 0.3) is 0 Å². The SMILES string of the molecule is CC1NC(=O)c2c(C3C=NN(C)C3)nc(N[C@@H]3CCCC[C@@H]3N)c(F)c21. The van der Waals surface area contributed by atoms with Crippen LogP contribution in [0.1, 0.15) is 66.2 Å². The van der Waals surface area contributed by atoms with Gasteiger partial charge in [0.1, 0.15) is 0 Å². The summed E-state index contributed by atoms with van der Waals surface area (Å²) in [5, 5.41) is 12.1. The van der Waals surface area contributed by atoms with Crippen LogP contribution in [0.5, 0.6) is 0 Å². The quantitative estimate of drug-likeness (QED) is 0.763. The molecule has 1 aromatic rings. The van der Waals surface area contributed by atoms with E-state index < -0.39 is 5.82 Å². The third-order valence-corrected chi connectivity index (χ3v) is 5.61. The first kappa shape index (κ1) is 17.2. The van der Waals surface area contributed by atoms with E-state index in [2.05, 4.69) is 20.7 Å². The number of anilines is 1. The molecule has 1 fully saturated rings. The Balaban J connectivity index is 1.76. The Morgan fingerprint density at radius 3 is 2.85 bits per heavy atom. The first-order chi connectivity index (χ1) is 12.5. The predicted molar refractivity (Wildman–Crippen MR) is 97.8 cm³/mol. The van der Waals surface area contributed by atoms with Crippen molar-refractivity contribution in [3.05, 3.63) is 22.6 Å². The van der Waals surface area contributed by atoms with E-state index in [1.54, 1.807) is 18.1 Å². The summed E-state index contributed by atoms with van der Waals surface area (Å²) in [6, 6.07) is -0.397. The number of nitrogens with one attached hydrogen (secondary N) is 2. The van der Waals surface area contributed by atoms with Crippen LogP contribution in [0.2, 0.25) is 0 Å². The number of hydrogen-bond donors (Lipinski definition) is 3. The fraction of sp³-hybridized carbons (Fsp3) is 0.611. The van der Waals surface area contributed by atoms with Gasteiger partial charge in [-0.05, 0) is 19.8 Å². The van der Waals surface area contributed by atoms with Crippen LogP contribution in [0.15, 0.2) is 5.10 Å². The lowest BCUT2D eigenvalue weighted by molar-refractivity contribution is 0.0957. The molecule has 3 heterocycles. The summed E-state index contributed by atoms with van der Waals surface area (Å²) in [5.74, 6) is -0.646. The summed E-state index contributed by atoms with van der Waals surface area (Å²) in [4.78, 5) is 17.0. The third kappa shape index (κ3) is 2.82. The molecule has 8 heteroatoms. The van der Waals surface area contributed by atoms with E-state index in [0.717, 1.165) is 25.7 Å². The highest BCUT2D eigenvalue weighted by atomic mass is 19.1. The molecule has 1 saturated carbocycles. The molecule has 4 N–H and O–H groups in total. The molecule has 3 aliphatic rings. The minimum atomic E-state index is -0.448. The maximum atomic E-state index is 15.2. The molecule has 2 aliphatic heterocycles. The van der Waals surface area contributed by atoms with E-state index in [1.165, 1.54) is 0 Å². The van der Waals surface area contributed by atoms with Crippen LogP contribution >= 0.6 is 0 Å². The Morgan fingerprint density at radius 1 is 1.38 bits per heavy atom. The van der Waals surface area contributed by atoms with E-state index >= 15 is 4.39 Å². The van der Waals surface area contributed by atoms with Gasteiger partial charge in [-0.25, -0.2) is 9.37 Å². The lowest BCUT2D eigenvalue weighted by Gasteiger charge is -2.30. The number of fused-ring (bicyclic) bond motifs is 1. The summed E-state index contributed by atoms with van der Waals surface area (Å²) in [6.07, 6.45) is 5.77. The molecule has 0 aromatic carbocycles. The molecule has 1 aliphatic carbocycles. The molecule has 0 saturated heterocycles. The number of rotatable bonds is 3. The maximum Gasteiger partial charge on any atom is 0.254 e. The van der Waals surface area contributed by atoms with Gasteiger partial charge in [0, 0.05) is 37.5 Å². The van der Waals surface area contributed by atoms with Crippen LogP contribution < -0.4 is 16.4 Å². The number of carbonyl (C=O) groups is 1. The number of pyridine rings is 1. The maximum absolute atomic E-state index is 15.2. The van der Waals surface area contributed by atoms with Gasteiger partial charge < -0.3 is 16.4 Å². The highest BCUT2D eigenvalue weighted by Gasteiger charge is 2.37. The third-order valence-electron chi connectivity index (χ3n) is 5.61. The van der Waals surface area contributed by atoms with Crippen molar-refractivity contribution in [3.63, 3.8) is 0 Å². The standard InChI is InChI=1S/C18H25FN6O/c1-9-13-14(18(26)22-9)16(10-7-21-25(2)8-10)24-17(15(13)19)23-12-6-4-3-5-11(12)20/h7,9-12H,3-6,8,20H2,1-2H3,(H,22,26)(H,23,24)/t9?,10?,11-,12+/m0/s1. The van der Waals surface area contributed by atoms with Crippen LogP contribution in [-0.2, 0) is 0 Å². The van der Waals surface area contributed by atoms with Gasteiger partial charge in [-0.3, -0.25) is 9.80 Å². The van der Waals surface area contributed by atoms with Gasteiger partial charge in [0.25, 0.3) is 5.91 Å². The van der Waals surface area contributed by atoms with Crippen LogP contribution in [-0.4, -0.2) is 47.8 Å². The van der Waals surface area contributed by atoms with Crippen molar-refractivity contribution >= 4 is 17.9 Å². The molecule has 0 bridgehead atoms. The van der Waals surface area contributed by atoms with Crippen LogP contribution in [0.4, 0.5) is 10.2 Å². The van der Waals surface area contributed by atoms with Gasteiger partial charge >= 0.3 is 0 Å². The zero-order valence-corrected chi connectivity index (χ0v) is 15.1. The van der Waals surface area contributed by atoms with Crippen molar-refractivity contribution in [2.24, 2.45) is 10.8 Å². The summed E-state index contributed by atoms with van der Waals surface area (Å²) in [7, 11) is 1.86. The number of hydrogen-bond acceptors (Lipinski definition) is 6. The van der Waals surface area contributed by atoms with Crippen LogP contribution in [0.3, 0.4) is 0 Å². The minimum absolute atomic E-state index is 0.00283. The summed E-state index contributed by atoms with van der Waals surface area (Å²) < 4.78 is 15.2. The van der Waals surface area contributed by atoms with Gasteiger partial charge in [-0.2, -0.15) is 5.10 Å². The largest absolute Gasteiger partial charge is 0.363 e. The van der Waals surface area contributed by atoms with Gasteiger partial charge in [0.2, 0.25) is 0 Å². The average molecular weight is 360 g/mol. The zero-order chi connectivity index (χ0) is 18.4. The summed E-state index contributed by atoms with van der Waals surface area (Å²) in [6.45, 7) is 2.41. The number of nitrogens with two attached hydrogens (primary N) is 1. The Morgan fingerprint density at radius 2 is 2.15 bits per heavy atom. The molecular weight excluding hydrogens is 335 g/mol. The zero-order valence-electron chi connectivity index (χ0n) is 15.1. The molecular formula is C18H25FN6O. The van der Waals surface area contributed by atoms with Gasteiger partial charge in [0.05, 0.1) is 23.2 Å². The second-order valence-electron chi connectivity index (χ2n) is 7.55. The number of carbonyl (C=O) groups excluding carboxylic acids is 1. The second kappa shape index (κ2) is 6.50. The topological polar surface area (TPSA) is 95.6 Å². The molecule has 4 rings (SSSR count). The van der Waals surface area contributed by atoms with E-state index in [4.69, 9.17) is 5.73 Å². The lowest BCUT2D eigenvalue weighted by Crippen LogP contribution is -2.43. The van der Waals surface area contributed by atoms with Gasteiger partial charge in [-0.15, -0.1) is 0 Å². The highest BCUT2D eigenvalue weighted by Crippen LogP contribution is 2.37. The van der Waals surface area contributed by atoms with E-state index in [1.807, 2.05) is 7.05 Å². The molecule has 0 spiro atoms. The van der Waals surface area contributed by atoms with Crippen molar-refractivity contribution in [3.8, 4) is 0 Å². The molecule has 7 nitrogen and oxygen atoms in total. The fourth-order valence-corrected chi connectivity index (χ4v) is 4.20. The molecule has 2 unspecified atom stereocenters. The number of nitrogens with zero attached hydrogens (tertiary/aromatic N) is 3. The molecule has 1 amide bonds. The van der Waals surface area contributed by atoms with E-state index in [0.29, 0.717) is 23.4 Å². The molecule has 0 radical (unpaired) electrons. The first-order valence-corrected chi connectivity index (χ1v) is 9.27. The second-order valence-corrected chi connectivity index (χ2v) is 7.55. The smallest absolute Gasteiger partial charge is 0.254 e. The monoisotopic (exact) mass is 360 g/mol. The minimum Gasteiger partial charge on any atom is -0.363 e. The van der Waals surface area contributed by atoms with Crippen LogP contribution in [0, 0.1) is 5.82 Å². The van der Waals surface area contributed by atoms with E-state index in [9.17, 15) is 4.79 Å². The van der Waals surface area contributed by atoms with Crippen molar-refractivity contribution in [1.29, 1.82) is 0 Å².